The lowest BCUT2D eigenvalue weighted by molar-refractivity contribution is 1.20. The van der Waals surface area contributed by atoms with E-state index in [1.807, 2.05) is 0 Å². The molecule has 0 fully saturated rings. The Hall–Kier alpha value is -0.653. The second-order valence-corrected chi connectivity index (χ2v) is 10.3. The van der Waals surface area contributed by atoms with Gasteiger partial charge in [0.25, 0.3) is 0 Å². The summed E-state index contributed by atoms with van der Waals surface area (Å²) in [4.78, 5) is 1.26. The van der Waals surface area contributed by atoms with E-state index in [9.17, 15) is 0 Å². The minimum atomic E-state index is -1.26. The summed E-state index contributed by atoms with van der Waals surface area (Å²) in [7, 11) is -1.26. The molecule has 0 aliphatic carbocycles. The minimum absolute atomic E-state index is 1.26. The summed E-state index contributed by atoms with van der Waals surface area (Å²) < 4.78 is 0. The van der Waals surface area contributed by atoms with E-state index in [-0.39, 0.29) is 0 Å². The van der Waals surface area contributed by atoms with Crippen LogP contribution in [0.25, 0.3) is 0 Å². The first-order chi connectivity index (χ1) is 8.15. The molecule has 0 atom stereocenters. The van der Waals surface area contributed by atoms with Crippen LogP contribution in [-0.2, 0) is 0 Å². The van der Waals surface area contributed by atoms with E-state index in [4.69, 9.17) is 0 Å². The van der Waals surface area contributed by atoms with Crippen LogP contribution in [0.15, 0.2) is 29.2 Å². The highest BCUT2D eigenvalue weighted by Crippen LogP contribution is 2.21. The van der Waals surface area contributed by atoms with Gasteiger partial charge in [-0.15, -0.1) is 5.54 Å². The van der Waals surface area contributed by atoms with Gasteiger partial charge in [0, 0.05) is 4.90 Å². The number of hydrogen-bond donors (Lipinski definition) is 0. The summed E-state index contributed by atoms with van der Waals surface area (Å²) >= 11 is 1.68. The molecule has 0 radical (unpaired) electrons. The number of benzene rings is 1. The van der Waals surface area contributed by atoms with Crippen LogP contribution >= 0.6 is 11.8 Å². The zero-order valence-electron chi connectivity index (χ0n) is 11.3. The van der Waals surface area contributed by atoms with Crippen LogP contribution in [0.4, 0.5) is 0 Å². The van der Waals surface area contributed by atoms with Gasteiger partial charge < -0.3 is 0 Å². The fourth-order valence-electron chi connectivity index (χ4n) is 1.81. The molecule has 2 heteroatoms. The van der Waals surface area contributed by atoms with Crippen molar-refractivity contribution in [3.05, 3.63) is 29.8 Å². The molecule has 0 aromatic heterocycles. The molecule has 0 bridgehead atoms. The first kappa shape index (κ1) is 14.4. The van der Waals surface area contributed by atoms with Gasteiger partial charge in [0.1, 0.15) is 8.07 Å². The normalized spacial score (nSPS) is 10.8. The molecule has 0 N–H and O–H groups in total. The molecule has 0 saturated carbocycles. The standard InChI is InChI=1S/C15H22SSi/c1-5-17(6-2,7-3)13-12-16-15-10-8-14(4)9-11-15/h8-11H,5-7H2,1-4H3. The quantitative estimate of drug-likeness (QED) is 0.413. The minimum Gasteiger partial charge on any atom is -0.119 e. The van der Waals surface area contributed by atoms with Crippen LogP contribution in [0.5, 0.6) is 0 Å². The monoisotopic (exact) mass is 262 g/mol. The average molecular weight is 262 g/mol. The van der Waals surface area contributed by atoms with Crippen molar-refractivity contribution >= 4 is 19.8 Å². The van der Waals surface area contributed by atoms with Gasteiger partial charge in [-0.3, -0.25) is 0 Å². The molecule has 1 aromatic rings. The van der Waals surface area contributed by atoms with Crippen LogP contribution in [-0.4, -0.2) is 8.07 Å². The van der Waals surface area contributed by atoms with E-state index >= 15 is 0 Å². The number of hydrogen-bond acceptors (Lipinski definition) is 1. The summed E-state index contributed by atoms with van der Waals surface area (Å²) in [5.41, 5.74) is 4.90. The van der Waals surface area contributed by atoms with E-state index in [1.54, 1.807) is 11.8 Å². The van der Waals surface area contributed by atoms with Crippen molar-refractivity contribution in [2.45, 2.75) is 50.7 Å². The molecule has 1 aromatic carbocycles. The fourth-order valence-corrected chi connectivity index (χ4v) is 5.30. The van der Waals surface area contributed by atoms with Crippen LogP contribution < -0.4 is 0 Å². The topological polar surface area (TPSA) is 0 Å². The highest BCUT2D eigenvalue weighted by molar-refractivity contribution is 8.04. The Bertz CT molecular complexity index is 385. The third kappa shape index (κ3) is 4.26. The average Bonchev–Trinajstić information content (AvgIpc) is 2.38. The van der Waals surface area contributed by atoms with E-state index in [1.165, 1.54) is 28.6 Å². The Labute approximate surface area is 111 Å². The molecule has 92 valence electrons. The molecule has 0 heterocycles. The third-order valence-electron chi connectivity index (χ3n) is 3.54. The van der Waals surface area contributed by atoms with Crippen molar-refractivity contribution in [3.8, 4) is 10.8 Å². The fraction of sp³-hybridized carbons (Fsp3) is 0.467. The molecular weight excluding hydrogens is 240 g/mol. The SMILES string of the molecule is CC[Si](C#CSc1ccc(C)cc1)(CC)CC. The predicted molar refractivity (Wildman–Crippen MR) is 82.0 cm³/mol. The summed E-state index contributed by atoms with van der Waals surface area (Å²) in [6.45, 7) is 9.00. The lowest BCUT2D eigenvalue weighted by atomic mass is 10.2. The maximum Gasteiger partial charge on any atom is 0.138 e. The Kier molecular flexibility index (Phi) is 5.88. The Morgan fingerprint density at radius 2 is 1.53 bits per heavy atom. The number of thioether (sulfide) groups is 1. The van der Waals surface area contributed by atoms with Crippen LogP contribution in [0.3, 0.4) is 0 Å². The van der Waals surface area contributed by atoms with Crippen molar-refractivity contribution < 1.29 is 0 Å². The first-order valence-electron chi connectivity index (χ1n) is 6.41. The molecule has 0 saturated heterocycles. The first-order valence-corrected chi connectivity index (χ1v) is 9.85. The number of rotatable bonds is 4. The lowest BCUT2D eigenvalue weighted by Crippen LogP contribution is -2.29. The second-order valence-electron chi connectivity index (χ2n) is 4.48. The van der Waals surface area contributed by atoms with Gasteiger partial charge >= 0.3 is 0 Å². The zero-order valence-corrected chi connectivity index (χ0v) is 13.2. The zero-order chi connectivity index (χ0) is 12.7. The lowest BCUT2D eigenvalue weighted by Gasteiger charge is -2.19. The predicted octanol–water partition coefficient (Wildman–Crippen LogP) is 5.10. The third-order valence-corrected chi connectivity index (χ3v) is 9.15. The van der Waals surface area contributed by atoms with Gasteiger partial charge in [-0.05, 0) is 54.2 Å². The van der Waals surface area contributed by atoms with E-state index in [0.717, 1.165) is 0 Å². The maximum absolute atomic E-state index is 3.60. The summed E-state index contributed by atoms with van der Waals surface area (Å²) in [5.74, 6) is 0. The van der Waals surface area contributed by atoms with Gasteiger partial charge in [0.05, 0.1) is 0 Å². The Morgan fingerprint density at radius 3 is 2.00 bits per heavy atom. The van der Waals surface area contributed by atoms with Crippen molar-refractivity contribution in [1.29, 1.82) is 0 Å². The molecule has 0 aliphatic heterocycles. The van der Waals surface area contributed by atoms with Crippen LogP contribution in [0, 0.1) is 17.7 Å². The Morgan fingerprint density at radius 1 is 1.00 bits per heavy atom. The smallest absolute Gasteiger partial charge is 0.119 e. The van der Waals surface area contributed by atoms with Crippen LogP contribution in [0.1, 0.15) is 26.3 Å². The number of aryl methyl sites for hydroxylation is 1. The van der Waals surface area contributed by atoms with Crippen molar-refractivity contribution in [3.63, 3.8) is 0 Å². The molecule has 0 aliphatic rings. The van der Waals surface area contributed by atoms with Gasteiger partial charge in [-0.1, -0.05) is 38.5 Å². The largest absolute Gasteiger partial charge is 0.138 e. The summed E-state index contributed by atoms with van der Waals surface area (Å²) in [6, 6.07) is 12.4. The summed E-state index contributed by atoms with van der Waals surface area (Å²) in [6.07, 6.45) is 0. The molecular formula is C15H22SSi. The maximum atomic E-state index is 3.60. The van der Waals surface area contributed by atoms with E-state index in [2.05, 4.69) is 62.8 Å². The van der Waals surface area contributed by atoms with Gasteiger partial charge in [-0.2, -0.15) is 0 Å². The molecule has 17 heavy (non-hydrogen) atoms. The molecule has 0 unspecified atom stereocenters. The van der Waals surface area contributed by atoms with Crippen molar-refractivity contribution in [2.24, 2.45) is 0 Å². The van der Waals surface area contributed by atoms with Gasteiger partial charge in [0.15, 0.2) is 0 Å². The Balaban J connectivity index is 2.69. The van der Waals surface area contributed by atoms with Crippen molar-refractivity contribution in [1.82, 2.24) is 0 Å². The molecule has 0 nitrogen and oxygen atoms in total. The molecule has 0 amide bonds. The van der Waals surface area contributed by atoms with Gasteiger partial charge in [0.2, 0.25) is 0 Å². The van der Waals surface area contributed by atoms with Gasteiger partial charge in [-0.25, -0.2) is 0 Å². The van der Waals surface area contributed by atoms with Crippen molar-refractivity contribution in [2.75, 3.05) is 0 Å². The van der Waals surface area contributed by atoms with E-state index in [0.29, 0.717) is 0 Å². The second kappa shape index (κ2) is 6.93. The highest BCUT2D eigenvalue weighted by atomic mass is 32.2. The summed E-state index contributed by atoms with van der Waals surface area (Å²) in [5, 5.41) is 3.34. The molecule has 0 spiro atoms. The van der Waals surface area contributed by atoms with E-state index < -0.39 is 8.07 Å². The molecule has 1 rings (SSSR count). The van der Waals surface area contributed by atoms with Crippen LogP contribution in [0.2, 0.25) is 18.1 Å². The highest BCUT2D eigenvalue weighted by Gasteiger charge is 2.24.